The summed E-state index contributed by atoms with van der Waals surface area (Å²) < 4.78 is 0. The molecule has 214 valence electrons. The molecule has 3 heterocycles. The number of nitrogens with one attached hydrogen (secondary N) is 2. The lowest BCUT2D eigenvalue weighted by Crippen LogP contribution is -2.26. The second-order valence-corrected chi connectivity index (χ2v) is 11.5. The molecule has 1 aliphatic heterocycles. The highest BCUT2D eigenvalue weighted by atomic mass is 15.2. The first-order chi connectivity index (χ1) is 21.1. The molecule has 1 aliphatic rings. The average molecular weight is 565 g/mol. The van der Waals surface area contributed by atoms with E-state index in [9.17, 15) is 0 Å². The molecule has 6 nitrogen and oxygen atoms in total. The van der Waals surface area contributed by atoms with Gasteiger partial charge < -0.3 is 14.9 Å². The first kappa shape index (κ1) is 26.9. The fourth-order valence-corrected chi connectivity index (χ4v) is 6.21. The number of hydrogen-bond donors (Lipinski definition) is 2. The fraction of sp³-hybridized carbons (Fsp3) is 0.216. The van der Waals surface area contributed by atoms with Crippen LogP contribution in [0.2, 0.25) is 0 Å². The van der Waals surface area contributed by atoms with E-state index in [2.05, 4.69) is 125 Å². The third-order valence-electron chi connectivity index (χ3n) is 8.71. The highest BCUT2D eigenvalue weighted by Crippen LogP contribution is 2.40. The minimum absolute atomic E-state index is 0.0961. The number of aromatic nitrogens is 4. The molecule has 2 aromatic heterocycles. The summed E-state index contributed by atoms with van der Waals surface area (Å²) in [6, 6.07) is 30.3. The molecule has 4 aromatic carbocycles. The maximum atomic E-state index is 5.11. The number of nitrogens with zero attached hydrogens (tertiary/aromatic N) is 4. The van der Waals surface area contributed by atoms with E-state index in [-0.39, 0.29) is 12.1 Å². The molecule has 1 fully saturated rings. The SMILES string of the molecule is C=C(C(N=C(C)CC)c1ccccc1)N1CCC[C@H]1c1nc2ccc(-c3ccc4cc(-c5cnc[nH]5)ccc4c3)cc2[nH]1. The molecule has 2 N–H and O–H groups in total. The highest BCUT2D eigenvalue weighted by Gasteiger charge is 2.32. The van der Waals surface area contributed by atoms with E-state index in [4.69, 9.17) is 9.98 Å². The Hall–Kier alpha value is -4.97. The van der Waals surface area contributed by atoms with Crippen LogP contribution in [0.1, 0.15) is 56.6 Å². The number of hydrogen-bond acceptors (Lipinski definition) is 4. The standard InChI is InChI=1S/C37H36N6/c1-4-24(2)40-36(26-9-6-5-7-10-26)25(3)43-18-8-11-35(43)37-41-32-17-16-30(21-33(32)42-37)28-12-13-29-20-31(15-14-27(29)19-28)34-22-38-23-39-34/h5-7,9-10,12-17,19-23,35-36H,3-4,8,11,18H2,1-2H3,(H,38,39)(H,41,42)/t35-,36?/m0/s1. The molecule has 0 spiro atoms. The van der Waals surface area contributed by atoms with Crippen LogP contribution < -0.4 is 0 Å². The van der Waals surface area contributed by atoms with Gasteiger partial charge in [-0.2, -0.15) is 0 Å². The van der Waals surface area contributed by atoms with Gasteiger partial charge in [-0.1, -0.05) is 74.2 Å². The van der Waals surface area contributed by atoms with Gasteiger partial charge in [0.25, 0.3) is 0 Å². The Bertz CT molecular complexity index is 1930. The van der Waals surface area contributed by atoms with Gasteiger partial charge in [0.2, 0.25) is 0 Å². The van der Waals surface area contributed by atoms with Gasteiger partial charge in [0.05, 0.1) is 35.3 Å². The van der Waals surface area contributed by atoms with Crippen molar-refractivity contribution in [3.05, 3.63) is 121 Å². The first-order valence-corrected chi connectivity index (χ1v) is 15.1. The summed E-state index contributed by atoms with van der Waals surface area (Å²) in [5.74, 6) is 0.999. The topological polar surface area (TPSA) is 73.0 Å². The summed E-state index contributed by atoms with van der Waals surface area (Å²) >= 11 is 0. The van der Waals surface area contributed by atoms with Crippen LogP contribution in [0.4, 0.5) is 0 Å². The molecule has 6 heteroatoms. The number of aliphatic imine (C=N–C) groups is 1. The Morgan fingerprint density at radius 3 is 2.49 bits per heavy atom. The van der Waals surface area contributed by atoms with Crippen molar-refractivity contribution in [2.24, 2.45) is 4.99 Å². The summed E-state index contributed by atoms with van der Waals surface area (Å²) in [6.07, 6.45) is 6.63. The van der Waals surface area contributed by atoms with Gasteiger partial charge in [0.1, 0.15) is 11.9 Å². The van der Waals surface area contributed by atoms with Crippen LogP contribution in [0, 0.1) is 0 Å². The molecule has 2 atom stereocenters. The summed E-state index contributed by atoms with van der Waals surface area (Å²) in [5, 5.41) is 2.41. The third-order valence-corrected chi connectivity index (χ3v) is 8.71. The molecule has 1 saturated heterocycles. The number of fused-ring (bicyclic) bond motifs is 2. The van der Waals surface area contributed by atoms with E-state index in [0.717, 1.165) is 65.3 Å². The largest absolute Gasteiger partial charge is 0.363 e. The predicted molar refractivity (Wildman–Crippen MR) is 177 cm³/mol. The molecule has 7 rings (SSSR count). The number of likely N-dealkylation sites (tertiary alicyclic amines) is 1. The second-order valence-electron chi connectivity index (χ2n) is 11.5. The minimum Gasteiger partial charge on any atom is -0.363 e. The molecular weight excluding hydrogens is 528 g/mol. The number of benzene rings is 4. The van der Waals surface area contributed by atoms with Crippen molar-refractivity contribution in [1.82, 2.24) is 24.8 Å². The lowest BCUT2D eigenvalue weighted by Gasteiger charge is -2.31. The molecule has 0 radical (unpaired) electrons. The number of H-pyrrole nitrogens is 2. The third kappa shape index (κ3) is 5.25. The zero-order chi connectivity index (χ0) is 29.3. The van der Waals surface area contributed by atoms with Gasteiger partial charge in [-0.05, 0) is 77.9 Å². The van der Waals surface area contributed by atoms with E-state index >= 15 is 0 Å². The molecule has 0 aliphatic carbocycles. The fourth-order valence-electron chi connectivity index (χ4n) is 6.21. The molecule has 0 amide bonds. The molecular formula is C37H36N6. The van der Waals surface area contributed by atoms with Crippen LogP contribution in [0.25, 0.3) is 44.2 Å². The van der Waals surface area contributed by atoms with Crippen LogP contribution in [-0.4, -0.2) is 37.1 Å². The van der Waals surface area contributed by atoms with Crippen molar-refractivity contribution in [3.63, 3.8) is 0 Å². The minimum atomic E-state index is -0.0961. The van der Waals surface area contributed by atoms with Gasteiger partial charge in [0, 0.05) is 23.5 Å². The summed E-state index contributed by atoms with van der Waals surface area (Å²) in [4.78, 5) is 23.6. The Morgan fingerprint density at radius 2 is 1.72 bits per heavy atom. The van der Waals surface area contributed by atoms with E-state index in [1.807, 2.05) is 6.20 Å². The van der Waals surface area contributed by atoms with Crippen molar-refractivity contribution in [2.45, 2.75) is 45.2 Å². The van der Waals surface area contributed by atoms with Crippen molar-refractivity contribution in [2.75, 3.05) is 6.54 Å². The Morgan fingerprint density at radius 1 is 0.977 bits per heavy atom. The number of aromatic amines is 2. The van der Waals surface area contributed by atoms with Crippen LogP contribution in [0.3, 0.4) is 0 Å². The van der Waals surface area contributed by atoms with E-state index < -0.39 is 0 Å². The van der Waals surface area contributed by atoms with Gasteiger partial charge in [-0.3, -0.25) is 4.99 Å². The molecule has 1 unspecified atom stereocenters. The van der Waals surface area contributed by atoms with Crippen LogP contribution in [0.5, 0.6) is 0 Å². The maximum absolute atomic E-state index is 5.11. The van der Waals surface area contributed by atoms with Crippen molar-refractivity contribution in [1.29, 1.82) is 0 Å². The molecule has 0 bridgehead atoms. The van der Waals surface area contributed by atoms with E-state index in [1.165, 1.54) is 27.5 Å². The molecule has 43 heavy (non-hydrogen) atoms. The maximum Gasteiger partial charge on any atom is 0.130 e. The Balaban J connectivity index is 1.17. The summed E-state index contributed by atoms with van der Waals surface area (Å²) in [6.45, 7) is 9.82. The van der Waals surface area contributed by atoms with Crippen LogP contribution >= 0.6 is 0 Å². The summed E-state index contributed by atoms with van der Waals surface area (Å²) in [7, 11) is 0. The first-order valence-electron chi connectivity index (χ1n) is 15.1. The van der Waals surface area contributed by atoms with Gasteiger partial charge in [-0.25, -0.2) is 9.97 Å². The second kappa shape index (κ2) is 11.4. The molecule has 6 aromatic rings. The van der Waals surface area contributed by atoms with Crippen LogP contribution in [-0.2, 0) is 0 Å². The summed E-state index contributed by atoms with van der Waals surface area (Å²) in [5.41, 5.74) is 9.90. The monoisotopic (exact) mass is 564 g/mol. The van der Waals surface area contributed by atoms with Crippen molar-refractivity contribution in [3.8, 4) is 22.4 Å². The molecule has 0 saturated carbocycles. The quantitative estimate of drug-likeness (QED) is 0.181. The number of rotatable bonds is 8. The lowest BCUT2D eigenvalue weighted by molar-refractivity contribution is 0.299. The Labute approximate surface area is 252 Å². The van der Waals surface area contributed by atoms with E-state index in [0.29, 0.717) is 0 Å². The van der Waals surface area contributed by atoms with Gasteiger partial charge >= 0.3 is 0 Å². The predicted octanol–water partition coefficient (Wildman–Crippen LogP) is 9.04. The van der Waals surface area contributed by atoms with Gasteiger partial charge in [-0.15, -0.1) is 0 Å². The lowest BCUT2D eigenvalue weighted by atomic mass is 9.99. The van der Waals surface area contributed by atoms with Crippen molar-refractivity contribution < 1.29 is 0 Å². The zero-order valence-electron chi connectivity index (χ0n) is 24.7. The van der Waals surface area contributed by atoms with E-state index in [1.54, 1.807) is 6.33 Å². The smallest absolute Gasteiger partial charge is 0.130 e. The zero-order valence-corrected chi connectivity index (χ0v) is 24.7. The van der Waals surface area contributed by atoms with Crippen LogP contribution in [0.15, 0.2) is 115 Å². The normalized spacial score (nSPS) is 16.3. The van der Waals surface area contributed by atoms with Gasteiger partial charge in [0.15, 0.2) is 0 Å². The number of imidazole rings is 2. The average Bonchev–Trinajstić information content (AvgIpc) is 3.84. The Kier molecular flexibility index (Phi) is 7.11. The highest BCUT2D eigenvalue weighted by molar-refractivity contribution is 5.91. The van der Waals surface area contributed by atoms with Crippen molar-refractivity contribution >= 4 is 27.5 Å².